The molecule has 0 atom stereocenters. The van der Waals surface area contributed by atoms with E-state index in [0.29, 0.717) is 24.7 Å². The third kappa shape index (κ3) is 2.53. The van der Waals surface area contributed by atoms with Crippen LogP contribution in [-0.2, 0) is 13.1 Å². The molecule has 7 heteroatoms. The highest BCUT2D eigenvalue weighted by molar-refractivity contribution is 6.32. The number of aromatic nitrogens is 3. The minimum Gasteiger partial charge on any atom is -0.444 e. The lowest BCUT2D eigenvalue weighted by molar-refractivity contribution is 0.479. The molecule has 2 heterocycles. The van der Waals surface area contributed by atoms with E-state index in [9.17, 15) is 4.79 Å². The summed E-state index contributed by atoms with van der Waals surface area (Å²) >= 11 is 5.96. The Labute approximate surface area is 109 Å². The number of hydrogen-bond acceptors (Lipinski definition) is 5. The zero-order valence-corrected chi connectivity index (χ0v) is 10.9. The Hall–Kier alpha value is -1.82. The summed E-state index contributed by atoms with van der Waals surface area (Å²) in [6.07, 6.45) is 3.15. The van der Waals surface area contributed by atoms with Gasteiger partial charge in [0, 0.05) is 6.54 Å². The molecule has 0 aliphatic rings. The fraction of sp³-hybridized carbons (Fsp3) is 0.364. The van der Waals surface area contributed by atoms with Gasteiger partial charge in [-0.05, 0) is 13.8 Å². The molecular formula is C11H13ClN4O2. The normalized spacial score (nSPS) is 10.6. The van der Waals surface area contributed by atoms with Gasteiger partial charge in [0.2, 0.25) is 5.89 Å². The Balaban J connectivity index is 2.15. The molecule has 6 nitrogen and oxygen atoms in total. The Bertz CT molecular complexity index is 605. The molecule has 0 aliphatic heterocycles. The van der Waals surface area contributed by atoms with Gasteiger partial charge in [-0.25, -0.2) is 9.67 Å². The first-order valence-electron chi connectivity index (χ1n) is 5.52. The third-order valence-corrected chi connectivity index (χ3v) is 2.75. The van der Waals surface area contributed by atoms with E-state index in [1.54, 1.807) is 6.20 Å². The van der Waals surface area contributed by atoms with Crippen LogP contribution in [0.3, 0.4) is 0 Å². The van der Waals surface area contributed by atoms with Gasteiger partial charge in [0.15, 0.2) is 0 Å². The van der Waals surface area contributed by atoms with Crippen LogP contribution >= 0.6 is 11.6 Å². The molecule has 0 aromatic carbocycles. The smallest absolute Gasteiger partial charge is 0.287 e. The van der Waals surface area contributed by atoms with Gasteiger partial charge in [-0.2, -0.15) is 5.10 Å². The van der Waals surface area contributed by atoms with E-state index in [4.69, 9.17) is 16.0 Å². The Morgan fingerprint density at radius 2 is 2.28 bits per heavy atom. The number of anilines is 1. The van der Waals surface area contributed by atoms with E-state index in [1.165, 1.54) is 10.9 Å². The second kappa shape index (κ2) is 5.22. The second-order valence-corrected chi connectivity index (χ2v) is 4.09. The lowest BCUT2D eigenvalue weighted by Crippen LogP contribution is -2.23. The second-order valence-electron chi connectivity index (χ2n) is 3.71. The van der Waals surface area contributed by atoms with Crippen molar-refractivity contribution in [3.05, 3.63) is 39.4 Å². The van der Waals surface area contributed by atoms with Crippen molar-refractivity contribution in [3.8, 4) is 0 Å². The van der Waals surface area contributed by atoms with Gasteiger partial charge in [-0.1, -0.05) is 11.6 Å². The van der Waals surface area contributed by atoms with Gasteiger partial charge in [0.1, 0.15) is 10.8 Å². The zero-order valence-electron chi connectivity index (χ0n) is 10.1. The molecule has 0 aliphatic carbocycles. The van der Waals surface area contributed by atoms with E-state index in [1.807, 2.05) is 13.8 Å². The number of rotatable bonds is 4. The molecule has 2 aromatic rings. The van der Waals surface area contributed by atoms with E-state index < -0.39 is 0 Å². The first kappa shape index (κ1) is 12.6. The molecule has 0 bridgehead atoms. The molecule has 96 valence electrons. The predicted molar refractivity (Wildman–Crippen MR) is 67.7 cm³/mol. The fourth-order valence-corrected chi connectivity index (χ4v) is 1.68. The van der Waals surface area contributed by atoms with Gasteiger partial charge in [-0.3, -0.25) is 4.79 Å². The molecule has 1 N–H and O–H groups in total. The molecule has 2 aromatic heterocycles. The summed E-state index contributed by atoms with van der Waals surface area (Å²) < 4.78 is 6.59. The molecule has 0 saturated heterocycles. The SMILES string of the molecule is CCn1ncc(NCc2ncc(C)o2)c(Cl)c1=O. The molecular weight excluding hydrogens is 256 g/mol. The maximum atomic E-state index is 11.7. The summed E-state index contributed by atoms with van der Waals surface area (Å²) in [6.45, 7) is 4.48. The third-order valence-electron chi connectivity index (χ3n) is 2.38. The molecule has 0 fully saturated rings. The van der Waals surface area contributed by atoms with Gasteiger partial charge in [-0.15, -0.1) is 0 Å². The summed E-state index contributed by atoms with van der Waals surface area (Å²) in [5, 5.41) is 7.07. The largest absolute Gasteiger partial charge is 0.444 e. The van der Waals surface area contributed by atoms with E-state index in [2.05, 4.69) is 15.4 Å². The van der Waals surface area contributed by atoms with E-state index in [0.717, 1.165) is 5.76 Å². The number of nitrogens with one attached hydrogen (secondary N) is 1. The van der Waals surface area contributed by atoms with Crippen molar-refractivity contribution < 1.29 is 4.42 Å². The van der Waals surface area contributed by atoms with Crippen molar-refractivity contribution >= 4 is 17.3 Å². The van der Waals surface area contributed by atoms with Crippen LogP contribution in [0.5, 0.6) is 0 Å². The summed E-state index contributed by atoms with van der Waals surface area (Å²) in [7, 11) is 0. The quantitative estimate of drug-likeness (QED) is 0.916. The van der Waals surface area contributed by atoms with Gasteiger partial charge in [0.05, 0.1) is 24.6 Å². The average Bonchev–Trinajstić information content (AvgIpc) is 2.77. The number of nitrogens with zero attached hydrogens (tertiary/aromatic N) is 3. The van der Waals surface area contributed by atoms with Crippen molar-refractivity contribution in [1.29, 1.82) is 0 Å². The van der Waals surface area contributed by atoms with Crippen molar-refractivity contribution in [1.82, 2.24) is 14.8 Å². The number of aryl methyl sites for hydroxylation is 2. The summed E-state index contributed by atoms with van der Waals surface area (Å²) in [4.78, 5) is 15.8. The summed E-state index contributed by atoms with van der Waals surface area (Å²) in [5.41, 5.74) is 0.162. The average molecular weight is 269 g/mol. The highest BCUT2D eigenvalue weighted by Gasteiger charge is 2.09. The summed E-state index contributed by atoms with van der Waals surface area (Å²) in [6, 6.07) is 0. The Kier molecular flexibility index (Phi) is 3.66. The fourth-order valence-electron chi connectivity index (χ4n) is 1.47. The van der Waals surface area contributed by atoms with Crippen molar-refractivity contribution in [2.75, 3.05) is 5.32 Å². The Morgan fingerprint density at radius 3 is 2.89 bits per heavy atom. The highest BCUT2D eigenvalue weighted by atomic mass is 35.5. The number of hydrogen-bond donors (Lipinski definition) is 1. The van der Waals surface area contributed by atoms with Crippen LogP contribution < -0.4 is 10.9 Å². The van der Waals surface area contributed by atoms with Gasteiger partial charge < -0.3 is 9.73 Å². The van der Waals surface area contributed by atoms with Crippen molar-refractivity contribution in [3.63, 3.8) is 0 Å². The topological polar surface area (TPSA) is 73.0 Å². The number of halogens is 1. The van der Waals surface area contributed by atoms with Crippen molar-refractivity contribution in [2.45, 2.75) is 26.9 Å². The molecule has 0 saturated carbocycles. The van der Waals surface area contributed by atoms with Crippen LogP contribution in [0.4, 0.5) is 5.69 Å². The van der Waals surface area contributed by atoms with Crippen LogP contribution in [0.25, 0.3) is 0 Å². The maximum absolute atomic E-state index is 11.7. The standard InChI is InChI=1S/C11H13ClN4O2/c1-3-16-11(17)10(12)8(5-15-16)13-6-9-14-4-7(2)18-9/h4-5,13H,3,6H2,1-2H3. The van der Waals surface area contributed by atoms with Crippen molar-refractivity contribution in [2.24, 2.45) is 0 Å². The van der Waals surface area contributed by atoms with Crippen LogP contribution in [0.15, 0.2) is 21.6 Å². The van der Waals surface area contributed by atoms with Crippen LogP contribution in [0, 0.1) is 6.92 Å². The minimum atomic E-state index is -0.312. The van der Waals surface area contributed by atoms with Crippen LogP contribution in [0.1, 0.15) is 18.6 Å². The molecule has 0 unspecified atom stereocenters. The van der Waals surface area contributed by atoms with E-state index in [-0.39, 0.29) is 10.6 Å². The molecule has 0 spiro atoms. The molecule has 0 radical (unpaired) electrons. The molecule has 18 heavy (non-hydrogen) atoms. The van der Waals surface area contributed by atoms with Gasteiger partial charge >= 0.3 is 0 Å². The monoisotopic (exact) mass is 268 g/mol. The van der Waals surface area contributed by atoms with Crippen LogP contribution in [0.2, 0.25) is 5.02 Å². The first-order valence-corrected chi connectivity index (χ1v) is 5.90. The van der Waals surface area contributed by atoms with Gasteiger partial charge in [0.25, 0.3) is 5.56 Å². The molecule has 2 rings (SSSR count). The minimum absolute atomic E-state index is 0.120. The molecule has 0 amide bonds. The lowest BCUT2D eigenvalue weighted by Gasteiger charge is -2.07. The first-order chi connectivity index (χ1) is 8.61. The lowest BCUT2D eigenvalue weighted by atomic mass is 10.4. The predicted octanol–water partition coefficient (Wildman–Crippen LogP) is 1.83. The number of oxazole rings is 1. The van der Waals surface area contributed by atoms with E-state index >= 15 is 0 Å². The Morgan fingerprint density at radius 1 is 1.50 bits per heavy atom. The van der Waals surface area contributed by atoms with Crippen LogP contribution in [-0.4, -0.2) is 14.8 Å². The summed E-state index contributed by atoms with van der Waals surface area (Å²) in [5.74, 6) is 1.26. The zero-order chi connectivity index (χ0) is 13.1. The maximum Gasteiger partial charge on any atom is 0.287 e. The highest BCUT2D eigenvalue weighted by Crippen LogP contribution is 2.16.